The topological polar surface area (TPSA) is 51.7 Å². The highest BCUT2D eigenvalue weighted by Crippen LogP contribution is 2.48. The number of nitrogens with one attached hydrogen (secondary N) is 1. The number of thioether (sulfide) groups is 1. The van der Waals surface area contributed by atoms with E-state index in [0.29, 0.717) is 0 Å². The molecule has 0 fully saturated rings. The van der Waals surface area contributed by atoms with Crippen molar-refractivity contribution >= 4 is 28.8 Å². The molecule has 3 aromatic carbocycles. The minimum atomic E-state index is -0.0795. The Bertz CT molecular complexity index is 2010. The second-order valence-corrected chi connectivity index (χ2v) is 14.8. The molecular weight excluding hydrogens is 609 g/mol. The maximum absolute atomic E-state index is 4.58. The van der Waals surface area contributed by atoms with Crippen molar-refractivity contribution in [3.05, 3.63) is 136 Å². The van der Waals surface area contributed by atoms with Crippen molar-refractivity contribution in [1.82, 2.24) is 15.5 Å². The minimum Gasteiger partial charge on any atom is -0.344 e. The third-order valence-corrected chi connectivity index (χ3v) is 11.4. The summed E-state index contributed by atoms with van der Waals surface area (Å²) in [5, 5.41) is 12.7. The summed E-state index contributed by atoms with van der Waals surface area (Å²) in [6, 6.07) is 28.0. The highest BCUT2D eigenvalue weighted by Gasteiger charge is 2.43. The normalized spacial score (nSPS) is 20.0. The van der Waals surface area contributed by atoms with Crippen molar-refractivity contribution in [2.75, 3.05) is 18.0 Å². The molecule has 0 amide bonds. The molecule has 3 heterocycles. The monoisotopic (exact) mass is 654 g/mol. The Hall–Kier alpha value is -4.49. The van der Waals surface area contributed by atoms with E-state index in [0.717, 1.165) is 43.2 Å². The molecule has 0 atom stereocenters. The Balaban J connectivity index is 1.34. The molecule has 7 rings (SSSR count). The molecule has 0 saturated carbocycles. The Kier molecular flexibility index (Phi) is 8.58. The first-order valence-corrected chi connectivity index (χ1v) is 18.1. The van der Waals surface area contributed by atoms with Crippen LogP contribution in [0.5, 0.6) is 0 Å². The lowest BCUT2D eigenvalue weighted by atomic mass is 9.81. The predicted octanol–water partition coefficient (Wildman–Crippen LogP) is 8.89. The number of rotatable bonds is 8. The molecule has 48 heavy (non-hydrogen) atoms. The summed E-state index contributed by atoms with van der Waals surface area (Å²) in [4.78, 5) is 3.74. The lowest BCUT2D eigenvalue weighted by Gasteiger charge is -2.26. The fraction of sp³-hybridized carbons (Fsp3) is 0.317. The van der Waals surface area contributed by atoms with E-state index in [2.05, 4.69) is 152 Å². The molecule has 2 aliphatic heterocycles. The van der Waals surface area contributed by atoms with Crippen molar-refractivity contribution in [2.45, 2.75) is 76.8 Å². The zero-order valence-electron chi connectivity index (χ0n) is 29.0. The fourth-order valence-corrected chi connectivity index (χ4v) is 8.88. The third-order valence-electron chi connectivity index (χ3n) is 10.3. The van der Waals surface area contributed by atoms with Crippen molar-refractivity contribution in [1.29, 1.82) is 0 Å². The molecule has 1 N–H and O–H groups in total. The molecule has 0 bridgehead atoms. The number of benzene rings is 3. The number of para-hydroxylation sites is 3. The van der Waals surface area contributed by atoms with E-state index in [1.807, 2.05) is 22.9 Å². The van der Waals surface area contributed by atoms with E-state index in [9.17, 15) is 0 Å². The second-order valence-electron chi connectivity index (χ2n) is 13.8. The SMILES string of the molecule is CCN1C(=CC=C2CCCC(C=CC3=[N+](CC)c4ccccc4C3(C)C)=C2Sc2nn[nH][n+]2-c2ccccc2)C(C)(C)c2ccccc21. The third kappa shape index (κ3) is 5.48. The lowest BCUT2D eigenvalue weighted by molar-refractivity contribution is -0.697. The number of anilines is 1. The molecule has 0 saturated heterocycles. The lowest BCUT2D eigenvalue weighted by Crippen LogP contribution is -2.35. The zero-order valence-corrected chi connectivity index (χ0v) is 29.8. The summed E-state index contributed by atoms with van der Waals surface area (Å²) < 4.78 is 4.45. The first kappa shape index (κ1) is 32.1. The number of tetrazole rings is 1. The summed E-state index contributed by atoms with van der Waals surface area (Å²) in [6.45, 7) is 15.8. The highest BCUT2D eigenvalue weighted by atomic mass is 32.2. The number of H-pyrrole nitrogens is 1. The van der Waals surface area contributed by atoms with Crippen LogP contribution in [0.25, 0.3) is 5.69 Å². The van der Waals surface area contributed by atoms with Gasteiger partial charge in [-0.25, -0.2) is 0 Å². The van der Waals surface area contributed by atoms with Gasteiger partial charge in [-0.05, 0) is 99.7 Å². The average molecular weight is 655 g/mol. The quantitative estimate of drug-likeness (QED) is 0.193. The summed E-state index contributed by atoms with van der Waals surface area (Å²) in [7, 11) is 0. The van der Waals surface area contributed by atoms with Gasteiger partial charge in [0.05, 0.1) is 5.41 Å². The molecule has 3 aliphatic rings. The van der Waals surface area contributed by atoms with Gasteiger partial charge in [-0.15, -0.1) is 4.68 Å². The number of hydrogen-bond donors (Lipinski definition) is 1. The number of likely N-dealkylation sites (N-methyl/N-ethyl adjacent to an activating group) is 1. The van der Waals surface area contributed by atoms with Gasteiger partial charge in [-0.2, -0.15) is 4.58 Å². The van der Waals surface area contributed by atoms with E-state index < -0.39 is 0 Å². The first-order chi connectivity index (χ1) is 23.3. The molecule has 6 nitrogen and oxygen atoms in total. The minimum absolute atomic E-state index is 0.0795. The van der Waals surface area contributed by atoms with E-state index in [1.165, 1.54) is 50.0 Å². The Morgan fingerprint density at radius 3 is 2.33 bits per heavy atom. The van der Waals surface area contributed by atoms with Gasteiger partial charge in [0.25, 0.3) is 0 Å². The Morgan fingerprint density at radius 1 is 0.833 bits per heavy atom. The largest absolute Gasteiger partial charge is 0.369 e. The molecule has 4 aromatic rings. The van der Waals surface area contributed by atoms with E-state index >= 15 is 0 Å². The zero-order chi connectivity index (χ0) is 33.5. The summed E-state index contributed by atoms with van der Waals surface area (Å²) >= 11 is 1.71. The van der Waals surface area contributed by atoms with Crippen LogP contribution in [-0.2, 0) is 10.8 Å². The fourth-order valence-electron chi connectivity index (χ4n) is 7.77. The van der Waals surface area contributed by atoms with Crippen LogP contribution in [0.2, 0.25) is 0 Å². The van der Waals surface area contributed by atoms with Crippen LogP contribution in [-0.4, -0.2) is 38.9 Å². The van der Waals surface area contributed by atoms with Gasteiger partial charge >= 0.3 is 5.16 Å². The van der Waals surface area contributed by atoms with Crippen molar-refractivity contribution < 1.29 is 9.26 Å². The van der Waals surface area contributed by atoms with Gasteiger partial charge in [0.15, 0.2) is 10.9 Å². The summed E-state index contributed by atoms with van der Waals surface area (Å²) in [5.74, 6) is 0. The van der Waals surface area contributed by atoms with Crippen LogP contribution in [0.1, 0.15) is 71.9 Å². The van der Waals surface area contributed by atoms with Gasteiger partial charge in [-0.1, -0.05) is 85.8 Å². The number of nitrogens with zero attached hydrogens (tertiary/aromatic N) is 5. The highest BCUT2D eigenvalue weighted by molar-refractivity contribution is 8.03. The molecule has 1 aliphatic carbocycles. The summed E-state index contributed by atoms with van der Waals surface area (Å²) in [5.41, 5.74) is 11.6. The molecule has 0 unspecified atom stereocenters. The Morgan fingerprint density at radius 2 is 1.56 bits per heavy atom. The molecule has 244 valence electrons. The predicted molar refractivity (Wildman–Crippen MR) is 197 cm³/mol. The molecular formula is C41H46N6S+2. The van der Waals surface area contributed by atoms with Crippen LogP contribution in [0.4, 0.5) is 11.4 Å². The van der Waals surface area contributed by atoms with Crippen LogP contribution in [0.15, 0.2) is 130 Å². The second kappa shape index (κ2) is 12.8. The standard InChI is InChI=1S/C41H45N6S/c1-7-45-34-23-14-12-21-32(34)40(3,4)36(45)27-25-29-17-16-18-30(38(29)48-39-42-43-44-47(39)31-19-10-9-11-20-31)26-28-37-41(5,6)33-22-13-15-24-35(33)46(37)8-2/h9-15,19-28H,7-8,16-18H2,1-6H3/q+1/p+1. The van der Waals surface area contributed by atoms with Crippen LogP contribution >= 0.6 is 11.8 Å². The van der Waals surface area contributed by atoms with E-state index in [4.69, 9.17) is 0 Å². The number of aromatic nitrogens is 4. The molecule has 0 spiro atoms. The number of hydrogen-bond acceptors (Lipinski definition) is 4. The van der Waals surface area contributed by atoms with E-state index in [1.54, 1.807) is 11.8 Å². The van der Waals surface area contributed by atoms with Gasteiger partial charge in [-0.3, -0.25) is 0 Å². The maximum Gasteiger partial charge on any atom is 0.369 e. The van der Waals surface area contributed by atoms with Crippen LogP contribution in [0.3, 0.4) is 0 Å². The van der Waals surface area contributed by atoms with Gasteiger partial charge in [0, 0.05) is 46.0 Å². The molecule has 1 aromatic heterocycles. The van der Waals surface area contributed by atoms with Gasteiger partial charge in [0.1, 0.15) is 17.3 Å². The first-order valence-electron chi connectivity index (χ1n) is 17.3. The van der Waals surface area contributed by atoms with Gasteiger partial charge < -0.3 is 4.90 Å². The summed E-state index contributed by atoms with van der Waals surface area (Å²) in [6.07, 6.45) is 12.7. The van der Waals surface area contributed by atoms with Crippen molar-refractivity contribution in [2.24, 2.45) is 0 Å². The maximum atomic E-state index is 4.58. The number of fused-ring (bicyclic) bond motifs is 2. The van der Waals surface area contributed by atoms with Crippen molar-refractivity contribution in [3.8, 4) is 5.69 Å². The van der Waals surface area contributed by atoms with E-state index in [-0.39, 0.29) is 10.8 Å². The van der Waals surface area contributed by atoms with Crippen molar-refractivity contribution in [3.63, 3.8) is 0 Å². The number of aromatic amines is 1. The number of allylic oxidation sites excluding steroid dienone is 7. The van der Waals surface area contributed by atoms with Crippen LogP contribution < -0.4 is 9.58 Å². The Labute approximate surface area is 289 Å². The van der Waals surface area contributed by atoms with Crippen LogP contribution in [0, 0.1) is 0 Å². The molecule has 0 radical (unpaired) electrons. The average Bonchev–Trinajstić information content (AvgIpc) is 3.72. The van der Waals surface area contributed by atoms with Gasteiger partial charge in [0.2, 0.25) is 5.69 Å². The molecule has 7 heteroatoms. The smallest absolute Gasteiger partial charge is 0.344 e.